The number of fused-ring (bicyclic) bond motifs is 11. The molecule has 2 aromatic heterocycles. The van der Waals surface area contributed by atoms with Gasteiger partial charge in [-0.15, -0.1) is 0 Å². The van der Waals surface area contributed by atoms with Crippen molar-refractivity contribution in [3.63, 3.8) is 0 Å². The summed E-state index contributed by atoms with van der Waals surface area (Å²) in [5.74, 6) is 0. The summed E-state index contributed by atoms with van der Waals surface area (Å²) in [6.07, 6.45) is 0. The van der Waals surface area contributed by atoms with Gasteiger partial charge in [0.15, 0.2) is 0 Å². The molecule has 14 rings (SSSR count). The van der Waals surface area contributed by atoms with Gasteiger partial charge in [-0.2, -0.15) is 0 Å². The highest BCUT2D eigenvalue weighted by atomic mass is 15.0. The van der Waals surface area contributed by atoms with Crippen molar-refractivity contribution in [1.29, 1.82) is 0 Å². The maximum absolute atomic E-state index is 2.44. The first-order valence-corrected chi connectivity index (χ1v) is 22.2. The maximum Gasteiger partial charge on any atom is 0.0619 e. The van der Waals surface area contributed by atoms with Gasteiger partial charge in [0, 0.05) is 38.3 Å². The van der Waals surface area contributed by atoms with Crippen LogP contribution in [0.25, 0.3) is 132 Å². The Morgan fingerprint density at radius 3 is 1.61 bits per heavy atom. The molecule has 0 unspecified atom stereocenters. The van der Waals surface area contributed by atoms with E-state index in [0.717, 1.165) is 5.69 Å². The van der Waals surface area contributed by atoms with Crippen LogP contribution in [0, 0.1) is 0 Å². The average Bonchev–Trinajstić information content (AvgIpc) is 4.00. The summed E-state index contributed by atoms with van der Waals surface area (Å²) in [5, 5.41) is 10.2. The van der Waals surface area contributed by atoms with Crippen LogP contribution in [0.3, 0.4) is 0 Å². The zero-order valence-corrected chi connectivity index (χ0v) is 34.8. The molecular weight excluding hydrogens is 773 g/mol. The molecule has 0 N–H and O–H groups in total. The van der Waals surface area contributed by atoms with E-state index in [-0.39, 0.29) is 0 Å². The minimum absolute atomic E-state index is 1.14. The van der Waals surface area contributed by atoms with E-state index in [2.05, 4.69) is 240 Å². The van der Waals surface area contributed by atoms with Crippen LogP contribution in [0.5, 0.6) is 0 Å². The number of rotatable bonds is 5. The summed E-state index contributed by atoms with van der Waals surface area (Å²) < 4.78 is 4.88. The smallest absolute Gasteiger partial charge is 0.0619 e. The van der Waals surface area contributed by atoms with Crippen LogP contribution in [-0.2, 0) is 0 Å². The Balaban J connectivity index is 0.897. The molecule has 64 heavy (non-hydrogen) atoms. The second kappa shape index (κ2) is 13.5. The lowest BCUT2D eigenvalue weighted by atomic mass is 9.89. The predicted molar refractivity (Wildman–Crippen MR) is 271 cm³/mol. The van der Waals surface area contributed by atoms with Gasteiger partial charge in [-0.3, -0.25) is 0 Å². The first-order chi connectivity index (χ1) is 31.8. The molecule has 2 heteroatoms. The molecule has 0 bridgehead atoms. The van der Waals surface area contributed by atoms with Gasteiger partial charge in [0.05, 0.1) is 22.1 Å². The summed E-state index contributed by atoms with van der Waals surface area (Å²) >= 11 is 0. The van der Waals surface area contributed by atoms with Crippen molar-refractivity contribution in [2.75, 3.05) is 0 Å². The zero-order valence-electron chi connectivity index (χ0n) is 34.8. The molecule has 0 aliphatic heterocycles. The first kappa shape index (κ1) is 35.2. The monoisotopic (exact) mass is 810 g/mol. The quantitative estimate of drug-likeness (QED) is 0.164. The van der Waals surface area contributed by atoms with Crippen LogP contribution in [0.4, 0.5) is 0 Å². The first-order valence-electron chi connectivity index (χ1n) is 22.2. The maximum atomic E-state index is 2.44. The van der Waals surface area contributed by atoms with Crippen LogP contribution in [0.15, 0.2) is 231 Å². The normalized spacial score (nSPS) is 12.1. The van der Waals surface area contributed by atoms with E-state index in [1.165, 1.54) is 126 Å². The second-order valence-electron chi connectivity index (χ2n) is 17.2. The molecule has 1 aliphatic rings. The number of para-hydroxylation sites is 2. The highest BCUT2D eigenvalue weighted by Gasteiger charge is 2.23. The van der Waals surface area contributed by atoms with E-state index >= 15 is 0 Å². The fourth-order valence-electron chi connectivity index (χ4n) is 11.0. The van der Waals surface area contributed by atoms with E-state index in [1.54, 1.807) is 0 Å². The number of hydrogen-bond donors (Lipinski definition) is 0. The molecule has 0 saturated carbocycles. The van der Waals surface area contributed by atoms with E-state index < -0.39 is 0 Å². The Hall–Kier alpha value is -8.46. The van der Waals surface area contributed by atoms with Crippen LogP contribution < -0.4 is 0 Å². The third-order valence-electron chi connectivity index (χ3n) is 13.9. The summed E-state index contributed by atoms with van der Waals surface area (Å²) in [6, 6.07) is 85.2. The lowest BCUT2D eigenvalue weighted by Gasteiger charge is -2.15. The Kier molecular flexibility index (Phi) is 7.43. The molecule has 2 nitrogen and oxygen atoms in total. The Morgan fingerprint density at radius 2 is 0.781 bits per heavy atom. The van der Waals surface area contributed by atoms with Crippen molar-refractivity contribution < 1.29 is 0 Å². The lowest BCUT2D eigenvalue weighted by molar-refractivity contribution is 1.18. The van der Waals surface area contributed by atoms with E-state index in [4.69, 9.17) is 0 Å². The van der Waals surface area contributed by atoms with E-state index in [1.807, 2.05) is 0 Å². The second-order valence-corrected chi connectivity index (χ2v) is 17.2. The topological polar surface area (TPSA) is 9.86 Å². The van der Waals surface area contributed by atoms with Crippen molar-refractivity contribution in [3.05, 3.63) is 231 Å². The SMILES string of the molecule is c1ccc(-n2c3ccc(-c4ccc5c6ccccc6n(-c6ccc(-c7ccccc7-c7ccc8c9c(cccc79)-c7ccccc7-8)cc6)c5c4)cc3c3ccc4ccccc4c32)cc1. The molecule has 13 aromatic rings. The molecule has 1 aliphatic carbocycles. The van der Waals surface area contributed by atoms with Crippen molar-refractivity contribution in [3.8, 4) is 67.0 Å². The molecule has 0 amide bonds. The molecule has 0 atom stereocenters. The van der Waals surface area contributed by atoms with Gasteiger partial charge in [-0.1, -0.05) is 182 Å². The van der Waals surface area contributed by atoms with Crippen molar-refractivity contribution >= 4 is 65.2 Å². The predicted octanol–water partition coefficient (Wildman–Crippen LogP) is 16.8. The van der Waals surface area contributed by atoms with Crippen molar-refractivity contribution in [2.24, 2.45) is 0 Å². The fraction of sp³-hybridized carbons (Fsp3) is 0. The van der Waals surface area contributed by atoms with E-state index in [0.29, 0.717) is 0 Å². The molecular formula is C62H38N2. The highest BCUT2D eigenvalue weighted by molar-refractivity contribution is 6.21. The van der Waals surface area contributed by atoms with Crippen LogP contribution in [0.2, 0.25) is 0 Å². The summed E-state index contributed by atoms with van der Waals surface area (Å²) in [4.78, 5) is 0. The van der Waals surface area contributed by atoms with Crippen LogP contribution in [-0.4, -0.2) is 9.13 Å². The summed E-state index contributed by atoms with van der Waals surface area (Å²) in [6.45, 7) is 0. The van der Waals surface area contributed by atoms with Gasteiger partial charge in [0.1, 0.15) is 0 Å². The standard InChI is InChI=1S/C62H38N2/c1-2-14-43(15-3-1)64-59-36-29-41(37-57(59)56-33-27-39-13-4-5-17-46(39)62(56)64)42-28-32-52-51-21-10-11-24-58(51)63(60(52)38-42)44-30-25-40(26-31-44)45-16-6-7-18-47(45)50-34-35-55-49-20-9-8-19-48(49)53-22-12-23-54(50)61(53)55/h1-38H. The number of nitrogens with zero attached hydrogens (tertiary/aromatic N) is 2. The molecule has 296 valence electrons. The molecule has 0 saturated heterocycles. The molecule has 11 aromatic carbocycles. The van der Waals surface area contributed by atoms with Gasteiger partial charge in [0.2, 0.25) is 0 Å². The summed E-state index contributed by atoms with van der Waals surface area (Å²) in [7, 11) is 0. The van der Waals surface area contributed by atoms with Gasteiger partial charge < -0.3 is 9.13 Å². The summed E-state index contributed by atoms with van der Waals surface area (Å²) in [5.41, 5.74) is 19.8. The minimum atomic E-state index is 1.14. The molecule has 0 radical (unpaired) electrons. The average molecular weight is 811 g/mol. The van der Waals surface area contributed by atoms with E-state index in [9.17, 15) is 0 Å². The van der Waals surface area contributed by atoms with Crippen molar-refractivity contribution in [2.45, 2.75) is 0 Å². The van der Waals surface area contributed by atoms with Gasteiger partial charge in [-0.25, -0.2) is 0 Å². The number of aromatic nitrogens is 2. The number of hydrogen-bond acceptors (Lipinski definition) is 0. The Morgan fingerprint density at radius 1 is 0.234 bits per heavy atom. The van der Waals surface area contributed by atoms with Crippen LogP contribution in [0.1, 0.15) is 0 Å². The van der Waals surface area contributed by atoms with Gasteiger partial charge in [0.25, 0.3) is 0 Å². The Bertz CT molecular complexity index is 4020. The Labute approximate surface area is 370 Å². The van der Waals surface area contributed by atoms with Gasteiger partial charge >= 0.3 is 0 Å². The lowest BCUT2D eigenvalue weighted by Crippen LogP contribution is -1.95. The highest BCUT2D eigenvalue weighted by Crippen LogP contribution is 2.50. The molecule has 0 spiro atoms. The van der Waals surface area contributed by atoms with Crippen LogP contribution >= 0.6 is 0 Å². The fourth-order valence-corrected chi connectivity index (χ4v) is 11.0. The number of benzene rings is 11. The van der Waals surface area contributed by atoms with Gasteiger partial charge in [-0.05, 0) is 120 Å². The molecule has 2 heterocycles. The third-order valence-corrected chi connectivity index (χ3v) is 13.9. The van der Waals surface area contributed by atoms with Crippen molar-refractivity contribution in [1.82, 2.24) is 9.13 Å². The third kappa shape index (κ3) is 5.02. The zero-order chi connectivity index (χ0) is 41.9. The minimum Gasteiger partial charge on any atom is -0.309 e. The largest absolute Gasteiger partial charge is 0.309 e. The molecule has 0 fully saturated rings.